The lowest BCUT2D eigenvalue weighted by Gasteiger charge is -2.35. The number of hydrogen-bond donors (Lipinski definition) is 1. The van der Waals surface area contributed by atoms with Crippen LogP contribution >= 0.6 is 0 Å². The Morgan fingerprint density at radius 1 is 1.11 bits per heavy atom. The maximum Gasteiger partial charge on any atom is 0.410 e. The Bertz CT molecular complexity index is 318. The summed E-state index contributed by atoms with van der Waals surface area (Å²) in [4.78, 5) is 27.1. The van der Waals surface area contributed by atoms with E-state index in [0.29, 0.717) is 45.6 Å². The van der Waals surface area contributed by atoms with Crippen LogP contribution in [0.1, 0.15) is 33.6 Å². The number of nitrogens with two attached hydrogens (primary N) is 1. The first-order chi connectivity index (χ1) is 8.83. The van der Waals surface area contributed by atoms with Gasteiger partial charge < -0.3 is 20.3 Å². The Kier molecular flexibility index (Phi) is 5.60. The summed E-state index contributed by atoms with van der Waals surface area (Å²) in [6.45, 7) is 8.27. The standard InChI is InChI=1S/C13H25N3O3/c1-13(2,3)19-12(18)16-9-7-15(8-10-16)11(17)5-4-6-14/h4-10,14H2,1-3H3. The average molecular weight is 271 g/mol. The highest BCUT2D eigenvalue weighted by molar-refractivity contribution is 5.76. The number of carbonyl (C=O) groups is 2. The minimum Gasteiger partial charge on any atom is -0.444 e. The molecular formula is C13H25N3O3. The molecule has 0 aromatic rings. The van der Waals surface area contributed by atoms with Gasteiger partial charge >= 0.3 is 6.09 Å². The lowest BCUT2D eigenvalue weighted by Crippen LogP contribution is -2.51. The van der Waals surface area contributed by atoms with Gasteiger partial charge in [0.15, 0.2) is 0 Å². The summed E-state index contributed by atoms with van der Waals surface area (Å²) < 4.78 is 5.30. The van der Waals surface area contributed by atoms with Crippen LogP contribution in [0.4, 0.5) is 4.79 Å². The maximum absolute atomic E-state index is 11.8. The highest BCUT2D eigenvalue weighted by Crippen LogP contribution is 2.12. The molecule has 1 aliphatic rings. The van der Waals surface area contributed by atoms with Crippen molar-refractivity contribution < 1.29 is 14.3 Å². The lowest BCUT2D eigenvalue weighted by molar-refractivity contribution is -0.133. The quantitative estimate of drug-likeness (QED) is 0.824. The number of amides is 2. The molecule has 0 unspecified atom stereocenters. The van der Waals surface area contributed by atoms with Crippen LogP contribution in [0.5, 0.6) is 0 Å². The fourth-order valence-electron chi connectivity index (χ4n) is 1.88. The van der Waals surface area contributed by atoms with E-state index in [1.165, 1.54) is 0 Å². The lowest BCUT2D eigenvalue weighted by atomic mass is 10.2. The van der Waals surface area contributed by atoms with Crippen LogP contribution in [0.3, 0.4) is 0 Å². The summed E-state index contributed by atoms with van der Waals surface area (Å²) in [5.41, 5.74) is 4.91. The van der Waals surface area contributed by atoms with Crippen LogP contribution < -0.4 is 5.73 Å². The van der Waals surface area contributed by atoms with E-state index in [4.69, 9.17) is 10.5 Å². The van der Waals surface area contributed by atoms with Crippen LogP contribution in [0.25, 0.3) is 0 Å². The molecule has 2 amide bonds. The van der Waals surface area contributed by atoms with Crippen LogP contribution in [-0.2, 0) is 9.53 Å². The maximum atomic E-state index is 11.8. The van der Waals surface area contributed by atoms with Gasteiger partial charge in [0.2, 0.25) is 5.91 Å². The number of nitrogens with zero attached hydrogens (tertiary/aromatic N) is 2. The molecule has 110 valence electrons. The highest BCUT2D eigenvalue weighted by Gasteiger charge is 2.27. The van der Waals surface area contributed by atoms with E-state index >= 15 is 0 Å². The summed E-state index contributed by atoms with van der Waals surface area (Å²) in [5.74, 6) is 0.120. The molecule has 0 bridgehead atoms. The Labute approximate surface area is 114 Å². The Balaban J connectivity index is 2.36. The first-order valence-corrected chi connectivity index (χ1v) is 6.79. The van der Waals surface area contributed by atoms with Gasteiger partial charge in [-0.25, -0.2) is 4.79 Å². The monoisotopic (exact) mass is 271 g/mol. The summed E-state index contributed by atoms with van der Waals surface area (Å²) in [7, 11) is 0. The Morgan fingerprint density at radius 3 is 2.11 bits per heavy atom. The number of hydrogen-bond acceptors (Lipinski definition) is 4. The van der Waals surface area contributed by atoms with Gasteiger partial charge in [0.25, 0.3) is 0 Å². The van der Waals surface area contributed by atoms with Crippen molar-refractivity contribution in [2.24, 2.45) is 5.73 Å². The van der Waals surface area contributed by atoms with Gasteiger partial charge in [-0.2, -0.15) is 0 Å². The van der Waals surface area contributed by atoms with Gasteiger partial charge in [-0.05, 0) is 33.7 Å². The van der Waals surface area contributed by atoms with Gasteiger partial charge in [-0.3, -0.25) is 4.79 Å². The molecule has 0 aromatic heterocycles. The second-order valence-corrected chi connectivity index (χ2v) is 5.74. The zero-order valence-corrected chi connectivity index (χ0v) is 12.1. The molecule has 19 heavy (non-hydrogen) atoms. The van der Waals surface area contributed by atoms with Crippen molar-refractivity contribution in [3.05, 3.63) is 0 Å². The minimum absolute atomic E-state index is 0.120. The van der Waals surface area contributed by atoms with Crippen LogP contribution in [-0.4, -0.2) is 60.1 Å². The number of rotatable bonds is 3. The number of ether oxygens (including phenoxy) is 1. The predicted molar refractivity (Wildman–Crippen MR) is 72.7 cm³/mol. The van der Waals surface area contributed by atoms with E-state index in [1.807, 2.05) is 20.8 Å². The first-order valence-electron chi connectivity index (χ1n) is 6.79. The van der Waals surface area contributed by atoms with Gasteiger partial charge in [-0.15, -0.1) is 0 Å². The molecule has 1 saturated heterocycles. The second kappa shape index (κ2) is 6.75. The van der Waals surface area contributed by atoms with Crippen molar-refractivity contribution in [3.63, 3.8) is 0 Å². The summed E-state index contributed by atoms with van der Waals surface area (Å²) in [6.07, 6.45) is 0.898. The molecule has 0 aromatic carbocycles. The van der Waals surface area contributed by atoms with Crippen LogP contribution in [0, 0.1) is 0 Å². The molecule has 6 nitrogen and oxygen atoms in total. The molecule has 1 rings (SSSR count). The van der Waals surface area contributed by atoms with Crippen molar-refractivity contribution in [2.45, 2.75) is 39.2 Å². The normalized spacial score (nSPS) is 16.4. The van der Waals surface area contributed by atoms with Crippen LogP contribution in [0.15, 0.2) is 0 Å². The summed E-state index contributed by atoms with van der Waals surface area (Å²) in [5, 5.41) is 0. The van der Waals surface area contributed by atoms with E-state index in [-0.39, 0.29) is 12.0 Å². The zero-order chi connectivity index (χ0) is 14.5. The number of piperazine rings is 1. The third-order valence-electron chi connectivity index (χ3n) is 2.88. The fraction of sp³-hybridized carbons (Fsp3) is 0.846. The van der Waals surface area contributed by atoms with Gasteiger partial charge in [0.05, 0.1) is 0 Å². The van der Waals surface area contributed by atoms with Crippen molar-refractivity contribution in [1.29, 1.82) is 0 Å². The third-order valence-corrected chi connectivity index (χ3v) is 2.88. The Hall–Kier alpha value is -1.30. The summed E-state index contributed by atoms with van der Waals surface area (Å²) in [6, 6.07) is 0. The molecule has 2 N–H and O–H groups in total. The fourth-order valence-corrected chi connectivity index (χ4v) is 1.88. The van der Waals surface area contributed by atoms with Gasteiger partial charge in [-0.1, -0.05) is 0 Å². The van der Waals surface area contributed by atoms with E-state index in [2.05, 4.69) is 0 Å². The molecule has 1 fully saturated rings. The minimum atomic E-state index is -0.481. The number of carbonyl (C=O) groups excluding carboxylic acids is 2. The van der Waals surface area contributed by atoms with Crippen molar-refractivity contribution in [1.82, 2.24) is 9.80 Å². The Morgan fingerprint density at radius 2 is 1.63 bits per heavy atom. The topological polar surface area (TPSA) is 75.9 Å². The van der Waals surface area contributed by atoms with Gasteiger partial charge in [0, 0.05) is 32.6 Å². The molecule has 1 aliphatic heterocycles. The van der Waals surface area contributed by atoms with Crippen molar-refractivity contribution in [3.8, 4) is 0 Å². The molecule has 0 spiro atoms. The summed E-state index contributed by atoms with van der Waals surface area (Å²) >= 11 is 0. The molecule has 0 atom stereocenters. The van der Waals surface area contributed by atoms with E-state index < -0.39 is 5.60 Å². The largest absolute Gasteiger partial charge is 0.444 e. The van der Waals surface area contributed by atoms with Crippen molar-refractivity contribution in [2.75, 3.05) is 32.7 Å². The first kappa shape index (κ1) is 15.8. The molecule has 1 heterocycles. The van der Waals surface area contributed by atoms with E-state index in [9.17, 15) is 9.59 Å². The smallest absolute Gasteiger partial charge is 0.410 e. The molecule has 0 radical (unpaired) electrons. The molecule has 0 aliphatic carbocycles. The van der Waals surface area contributed by atoms with E-state index in [0.717, 1.165) is 0 Å². The SMILES string of the molecule is CC(C)(C)OC(=O)N1CCN(C(=O)CCCN)CC1. The average Bonchev–Trinajstić information content (AvgIpc) is 2.34. The molecular weight excluding hydrogens is 246 g/mol. The van der Waals surface area contributed by atoms with Gasteiger partial charge in [0.1, 0.15) is 5.60 Å². The zero-order valence-electron chi connectivity index (χ0n) is 12.1. The predicted octanol–water partition coefficient (Wildman–Crippen LogP) is 0.805. The molecule has 0 saturated carbocycles. The third kappa shape index (κ3) is 5.46. The highest BCUT2D eigenvalue weighted by atomic mass is 16.6. The van der Waals surface area contributed by atoms with E-state index in [1.54, 1.807) is 9.80 Å². The molecule has 6 heteroatoms. The second-order valence-electron chi connectivity index (χ2n) is 5.74. The van der Waals surface area contributed by atoms with Crippen molar-refractivity contribution >= 4 is 12.0 Å². The van der Waals surface area contributed by atoms with Crippen LogP contribution in [0.2, 0.25) is 0 Å².